The van der Waals surface area contributed by atoms with Gasteiger partial charge in [-0.3, -0.25) is 4.79 Å². The number of carbonyl (C=O) groups excluding carboxylic acids is 1. The maximum absolute atomic E-state index is 11.9. The lowest BCUT2D eigenvalue weighted by Crippen LogP contribution is -2.38. The lowest BCUT2D eigenvalue weighted by atomic mass is 10.2. The zero-order valence-electron chi connectivity index (χ0n) is 13.4. The molecule has 0 saturated heterocycles. The number of amides is 1. The van der Waals surface area contributed by atoms with Crippen LogP contribution in [0.15, 0.2) is 29.6 Å². The average molecular weight is 335 g/mol. The number of aryl methyl sites for hydroxylation is 1. The van der Waals surface area contributed by atoms with Crippen LogP contribution < -0.4 is 15.0 Å². The lowest BCUT2D eigenvalue weighted by Gasteiger charge is -2.13. The Kier molecular flexibility index (Phi) is 5.95. The summed E-state index contributed by atoms with van der Waals surface area (Å²) in [5.74, 6) is 0.187. The van der Waals surface area contributed by atoms with Crippen molar-refractivity contribution in [3.63, 3.8) is 0 Å². The molecule has 0 unspecified atom stereocenters. The van der Waals surface area contributed by atoms with Crippen molar-refractivity contribution in [2.45, 2.75) is 19.6 Å². The second kappa shape index (κ2) is 7.94. The SMILES string of the molecule is Cc1ccccc1OC[C@@H](O)C(=O)NCc1csc(N(C)C)n1. The van der Waals surface area contributed by atoms with Crippen LogP contribution in [0.2, 0.25) is 0 Å². The van der Waals surface area contributed by atoms with E-state index in [0.717, 1.165) is 16.4 Å². The summed E-state index contributed by atoms with van der Waals surface area (Å²) >= 11 is 1.50. The van der Waals surface area contributed by atoms with Crippen molar-refractivity contribution in [2.75, 3.05) is 25.6 Å². The summed E-state index contributed by atoms with van der Waals surface area (Å²) in [6.45, 7) is 2.10. The molecule has 0 fully saturated rings. The Labute approximate surface area is 139 Å². The van der Waals surface area contributed by atoms with Crippen molar-refractivity contribution in [3.8, 4) is 5.75 Å². The van der Waals surface area contributed by atoms with E-state index in [1.165, 1.54) is 11.3 Å². The first-order valence-electron chi connectivity index (χ1n) is 7.23. The number of anilines is 1. The number of hydrogen-bond acceptors (Lipinski definition) is 6. The van der Waals surface area contributed by atoms with Crippen LogP contribution in [0, 0.1) is 6.92 Å². The second-order valence-electron chi connectivity index (χ2n) is 5.33. The molecule has 0 radical (unpaired) electrons. The number of nitrogens with zero attached hydrogens (tertiary/aromatic N) is 2. The lowest BCUT2D eigenvalue weighted by molar-refractivity contribution is -0.130. The van der Waals surface area contributed by atoms with Crippen LogP contribution in [0.4, 0.5) is 5.13 Å². The third kappa shape index (κ3) is 4.94. The van der Waals surface area contributed by atoms with Gasteiger partial charge in [-0.2, -0.15) is 0 Å². The van der Waals surface area contributed by atoms with Crippen LogP contribution in [-0.4, -0.2) is 42.8 Å². The molecular formula is C16H21N3O3S. The van der Waals surface area contributed by atoms with Crippen LogP contribution in [-0.2, 0) is 11.3 Å². The van der Waals surface area contributed by atoms with E-state index in [2.05, 4.69) is 10.3 Å². The van der Waals surface area contributed by atoms with Crippen molar-refractivity contribution in [3.05, 3.63) is 40.9 Å². The molecule has 0 aliphatic rings. The van der Waals surface area contributed by atoms with E-state index in [9.17, 15) is 9.90 Å². The minimum Gasteiger partial charge on any atom is -0.490 e. The summed E-state index contributed by atoms with van der Waals surface area (Å²) in [5, 5.41) is 15.3. The number of aliphatic hydroxyl groups excluding tert-OH is 1. The van der Waals surface area contributed by atoms with Gasteiger partial charge in [0.15, 0.2) is 11.2 Å². The zero-order valence-corrected chi connectivity index (χ0v) is 14.3. The second-order valence-corrected chi connectivity index (χ2v) is 6.16. The summed E-state index contributed by atoms with van der Waals surface area (Å²) < 4.78 is 5.48. The maximum atomic E-state index is 11.9. The number of aromatic nitrogens is 1. The van der Waals surface area contributed by atoms with Crippen molar-refractivity contribution in [1.82, 2.24) is 10.3 Å². The number of para-hydroxylation sites is 1. The highest BCUT2D eigenvalue weighted by Gasteiger charge is 2.16. The molecule has 23 heavy (non-hydrogen) atoms. The van der Waals surface area contributed by atoms with Crippen LogP contribution in [0.1, 0.15) is 11.3 Å². The topological polar surface area (TPSA) is 74.7 Å². The number of thiazole rings is 1. The molecule has 1 aromatic heterocycles. The van der Waals surface area contributed by atoms with Crippen molar-refractivity contribution in [1.29, 1.82) is 0 Å². The monoisotopic (exact) mass is 335 g/mol. The number of ether oxygens (including phenoxy) is 1. The van der Waals surface area contributed by atoms with E-state index < -0.39 is 12.0 Å². The number of carbonyl (C=O) groups is 1. The Hall–Kier alpha value is -2.12. The molecule has 1 aromatic carbocycles. The van der Waals surface area contributed by atoms with Crippen molar-refractivity contribution in [2.24, 2.45) is 0 Å². The molecule has 2 rings (SSSR count). The molecule has 124 valence electrons. The Balaban J connectivity index is 1.79. The minimum atomic E-state index is -1.22. The van der Waals surface area contributed by atoms with E-state index in [-0.39, 0.29) is 13.2 Å². The molecule has 1 heterocycles. The smallest absolute Gasteiger partial charge is 0.252 e. The minimum absolute atomic E-state index is 0.0866. The molecule has 7 heteroatoms. The van der Waals surface area contributed by atoms with Gasteiger partial charge >= 0.3 is 0 Å². The highest BCUT2D eigenvalue weighted by atomic mass is 32.1. The van der Waals surface area contributed by atoms with Gasteiger partial charge in [-0.25, -0.2) is 4.98 Å². The van der Waals surface area contributed by atoms with Crippen LogP contribution in [0.5, 0.6) is 5.75 Å². The predicted octanol–water partition coefficient (Wildman–Crippen LogP) is 1.57. The van der Waals surface area contributed by atoms with Gasteiger partial charge < -0.3 is 20.1 Å². The van der Waals surface area contributed by atoms with E-state index >= 15 is 0 Å². The normalized spacial score (nSPS) is 11.8. The van der Waals surface area contributed by atoms with E-state index in [1.54, 1.807) is 6.07 Å². The van der Waals surface area contributed by atoms with E-state index in [0.29, 0.717) is 5.75 Å². The molecule has 0 bridgehead atoms. The molecule has 0 spiro atoms. The zero-order chi connectivity index (χ0) is 16.8. The largest absolute Gasteiger partial charge is 0.490 e. The third-order valence-corrected chi connectivity index (χ3v) is 4.22. The quantitative estimate of drug-likeness (QED) is 0.803. The Bertz CT molecular complexity index is 658. The Morgan fingerprint density at radius 3 is 2.83 bits per heavy atom. The molecule has 6 nitrogen and oxygen atoms in total. The third-order valence-electron chi connectivity index (χ3n) is 3.16. The maximum Gasteiger partial charge on any atom is 0.252 e. The molecule has 0 aliphatic heterocycles. The van der Waals surface area contributed by atoms with Crippen LogP contribution in [0.25, 0.3) is 0 Å². The fourth-order valence-corrected chi connectivity index (χ4v) is 2.60. The van der Waals surface area contributed by atoms with E-state index in [1.807, 2.05) is 49.5 Å². The Morgan fingerprint density at radius 1 is 1.43 bits per heavy atom. The summed E-state index contributed by atoms with van der Waals surface area (Å²) in [7, 11) is 3.82. The number of hydrogen-bond donors (Lipinski definition) is 2. The fourth-order valence-electron chi connectivity index (χ4n) is 1.84. The Morgan fingerprint density at radius 2 is 2.17 bits per heavy atom. The summed E-state index contributed by atoms with van der Waals surface area (Å²) in [5.41, 5.74) is 1.72. The van der Waals surface area contributed by atoms with Gasteiger partial charge in [0.25, 0.3) is 5.91 Å². The van der Waals surface area contributed by atoms with Gasteiger partial charge in [-0.05, 0) is 18.6 Å². The van der Waals surface area contributed by atoms with Gasteiger partial charge in [0, 0.05) is 19.5 Å². The molecule has 0 aliphatic carbocycles. The number of benzene rings is 1. The fraction of sp³-hybridized carbons (Fsp3) is 0.375. The summed E-state index contributed by atoms with van der Waals surface area (Å²) in [6, 6.07) is 7.46. The van der Waals surface area contributed by atoms with Gasteiger partial charge in [0.05, 0.1) is 12.2 Å². The number of nitrogens with one attached hydrogen (secondary N) is 1. The molecule has 0 saturated carbocycles. The first-order chi connectivity index (χ1) is 11.0. The number of rotatable bonds is 7. The van der Waals surface area contributed by atoms with Crippen molar-refractivity contribution < 1.29 is 14.6 Å². The number of aliphatic hydroxyl groups is 1. The van der Waals surface area contributed by atoms with Crippen LogP contribution >= 0.6 is 11.3 Å². The van der Waals surface area contributed by atoms with Gasteiger partial charge in [0.2, 0.25) is 0 Å². The van der Waals surface area contributed by atoms with E-state index in [4.69, 9.17) is 4.74 Å². The molecule has 1 amide bonds. The molecule has 2 N–H and O–H groups in total. The van der Waals surface area contributed by atoms with Gasteiger partial charge in [-0.1, -0.05) is 18.2 Å². The molecule has 1 atom stereocenters. The predicted molar refractivity (Wildman–Crippen MR) is 91.0 cm³/mol. The highest BCUT2D eigenvalue weighted by Crippen LogP contribution is 2.18. The standard InChI is InChI=1S/C16H21N3O3S/c1-11-6-4-5-7-14(11)22-9-13(20)15(21)17-8-12-10-23-16(18-12)19(2)3/h4-7,10,13,20H,8-9H2,1-3H3,(H,17,21)/t13-/m1/s1. The first-order valence-corrected chi connectivity index (χ1v) is 8.11. The molecule has 2 aromatic rings. The van der Waals surface area contributed by atoms with Gasteiger partial charge in [0.1, 0.15) is 12.4 Å². The van der Waals surface area contributed by atoms with Gasteiger partial charge in [-0.15, -0.1) is 11.3 Å². The summed E-state index contributed by atoms with van der Waals surface area (Å²) in [6.07, 6.45) is -1.22. The first kappa shape index (κ1) is 17.2. The molecular weight excluding hydrogens is 314 g/mol. The average Bonchev–Trinajstić information content (AvgIpc) is 3.00. The summed E-state index contributed by atoms with van der Waals surface area (Å²) in [4.78, 5) is 18.2. The van der Waals surface area contributed by atoms with Crippen molar-refractivity contribution >= 4 is 22.4 Å². The highest BCUT2D eigenvalue weighted by molar-refractivity contribution is 7.13. The van der Waals surface area contributed by atoms with Crippen LogP contribution in [0.3, 0.4) is 0 Å².